The molecule has 0 amide bonds. The highest BCUT2D eigenvalue weighted by atomic mass is 32.2. The van der Waals surface area contributed by atoms with Gasteiger partial charge in [0.15, 0.2) is 5.03 Å². The fraction of sp³-hybridized carbons (Fsp3) is 0.727. The van der Waals surface area contributed by atoms with Crippen LogP contribution in [0.4, 0.5) is 0 Å². The van der Waals surface area contributed by atoms with Crippen LogP contribution < -0.4 is 5.73 Å². The molecule has 1 aromatic heterocycles. The third-order valence-electron chi connectivity index (χ3n) is 3.78. The lowest BCUT2D eigenvalue weighted by Crippen LogP contribution is -2.46. The van der Waals surface area contributed by atoms with Gasteiger partial charge in [-0.25, -0.2) is 8.42 Å². The van der Waals surface area contributed by atoms with Crippen LogP contribution in [-0.2, 0) is 16.6 Å². The number of aromatic amines is 1. The molecule has 18 heavy (non-hydrogen) atoms. The van der Waals surface area contributed by atoms with Gasteiger partial charge in [0, 0.05) is 24.7 Å². The zero-order valence-electron chi connectivity index (χ0n) is 10.8. The van der Waals surface area contributed by atoms with Gasteiger partial charge in [-0.2, -0.15) is 9.40 Å². The van der Waals surface area contributed by atoms with E-state index in [0.717, 1.165) is 12.8 Å². The highest BCUT2D eigenvalue weighted by Gasteiger charge is 2.36. The number of rotatable bonds is 3. The lowest BCUT2D eigenvalue weighted by molar-refractivity contribution is 0.201. The molecule has 2 atom stereocenters. The number of hydrogen-bond donors (Lipinski definition) is 2. The Labute approximate surface area is 108 Å². The van der Waals surface area contributed by atoms with Crippen molar-refractivity contribution in [1.82, 2.24) is 14.5 Å². The van der Waals surface area contributed by atoms with E-state index in [-0.39, 0.29) is 17.6 Å². The molecule has 1 aromatic rings. The lowest BCUT2D eigenvalue weighted by atomic mass is 9.94. The van der Waals surface area contributed by atoms with Crippen LogP contribution in [-0.4, -0.2) is 35.5 Å². The zero-order chi connectivity index (χ0) is 13.3. The second-order valence-electron chi connectivity index (χ2n) is 4.90. The van der Waals surface area contributed by atoms with Crippen LogP contribution in [0.5, 0.6) is 0 Å². The molecule has 0 radical (unpaired) electrons. The summed E-state index contributed by atoms with van der Waals surface area (Å²) in [5, 5.41) is 6.50. The van der Waals surface area contributed by atoms with Gasteiger partial charge in [0.25, 0.3) is 10.0 Å². The zero-order valence-corrected chi connectivity index (χ0v) is 11.6. The molecule has 2 unspecified atom stereocenters. The van der Waals surface area contributed by atoms with Crippen LogP contribution in [0.1, 0.15) is 32.3 Å². The highest BCUT2D eigenvalue weighted by Crippen LogP contribution is 2.28. The normalized spacial score (nSPS) is 26.4. The lowest BCUT2D eigenvalue weighted by Gasteiger charge is -2.36. The summed E-state index contributed by atoms with van der Waals surface area (Å²) in [6, 6.07) is 0.0117. The summed E-state index contributed by atoms with van der Waals surface area (Å²) < 4.78 is 26.7. The maximum atomic E-state index is 12.6. The van der Waals surface area contributed by atoms with Crippen molar-refractivity contribution in [1.29, 1.82) is 0 Å². The molecular formula is C11H20N4O2S. The van der Waals surface area contributed by atoms with E-state index in [2.05, 4.69) is 17.1 Å². The molecule has 0 saturated carbocycles. The summed E-state index contributed by atoms with van der Waals surface area (Å²) >= 11 is 0. The molecule has 1 saturated heterocycles. The Morgan fingerprint density at radius 1 is 1.56 bits per heavy atom. The molecule has 6 nitrogen and oxygen atoms in total. The number of nitrogens with one attached hydrogen (secondary N) is 1. The minimum absolute atomic E-state index is 0.0117. The molecule has 2 rings (SSSR count). The van der Waals surface area contributed by atoms with Crippen molar-refractivity contribution in [3.63, 3.8) is 0 Å². The first-order valence-corrected chi connectivity index (χ1v) is 7.66. The van der Waals surface area contributed by atoms with Gasteiger partial charge < -0.3 is 5.73 Å². The van der Waals surface area contributed by atoms with Crippen molar-refractivity contribution in [2.24, 2.45) is 11.7 Å². The Morgan fingerprint density at radius 3 is 2.94 bits per heavy atom. The van der Waals surface area contributed by atoms with Crippen molar-refractivity contribution >= 4 is 10.0 Å². The minimum atomic E-state index is -3.51. The van der Waals surface area contributed by atoms with Gasteiger partial charge in [-0.3, -0.25) is 5.10 Å². The van der Waals surface area contributed by atoms with E-state index in [0.29, 0.717) is 18.0 Å². The van der Waals surface area contributed by atoms with Crippen molar-refractivity contribution in [2.45, 2.75) is 44.3 Å². The second kappa shape index (κ2) is 4.99. The third-order valence-corrected chi connectivity index (χ3v) is 5.78. The number of piperidine rings is 1. The van der Waals surface area contributed by atoms with E-state index in [9.17, 15) is 8.42 Å². The Bertz CT molecular complexity index is 511. The number of nitrogens with zero attached hydrogens (tertiary/aromatic N) is 2. The maximum Gasteiger partial charge on any atom is 0.260 e. The number of hydrogen-bond acceptors (Lipinski definition) is 4. The Balaban J connectivity index is 2.36. The predicted octanol–water partition coefficient (Wildman–Crippen LogP) is 0.678. The molecule has 0 aromatic carbocycles. The van der Waals surface area contributed by atoms with Crippen LogP contribution in [0.2, 0.25) is 0 Å². The summed E-state index contributed by atoms with van der Waals surface area (Å²) in [6.45, 7) is 4.78. The molecule has 102 valence electrons. The quantitative estimate of drug-likeness (QED) is 0.846. The average Bonchev–Trinajstić information content (AvgIpc) is 2.81. The molecule has 0 spiro atoms. The van der Waals surface area contributed by atoms with Gasteiger partial charge in [-0.1, -0.05) is 6.92 Å². The minimum Gasteiger partial charge on any atom is -0.326 e. The van der Waals surface area contributed by atoms with Crippen LogP contribution in [0.25, 0.3) is 0 Å². The van der Waals surface area contributed by atoms with Crippen molar-refractivity contribution in [3.05, 3.63) is 11.8 Å². The van der Waals surface area contributed by atoms with Crippen LogP contribution in [0, 0.1) is 5.92 Å². The molecule has 1 aliphatic heterocycles. The van der Waals surface area contributed by atoms with Crippen molar-refractivity contribution in [3.8, 4) is 0 Å². The van der Waals surface area contributed by atoms with Gasteiger partial charge in [-0.15, -0.1) is 0 Å². The first-order valence-electron chi connectivity index (χ1n) is 6.22. The molecule has 3 N–H and O–H groups in total. The molecule has 7 heteroatoms. The Hall–Kier alpha value is -0.920. The molecule has 2 heterocycles. The van der Waals surface area contributed by atoms with E-state index in [1.807, 2.05) is 6.92 Å². The van der Waals surface area contributed by atoms with E-state index in [1.165, 1.54) is 6.20 Å². The number of sulfonamides is 1. The van der Waals surface area contributed by atoms with Crippen LogP contribution in [0.3, 0.4) is 0 Å². The second-order valence-corrected chi connectivity index (χ2v) is 6.73. The standard InChI is InChI=1S/C11H20N4O2S/c1-8-4-3-5-15(9(8)2)18(16,17)11-10(6-12)7-13-14-11/h7-9H,3-6,12H2,1-2H3,(H,13,14). The van der Waals surface area contributed by atoms with E-state index < -0.39 is 10.0 Å². The van der Waals surface area contributed by atoms with Gasteiger partial charge in [0.05, 0.1) is 6.20 Å². The van der Waals surface area contributed by atoms with Gasteiger partial charge in [0.1, 0.15) is 0 Å². The van der Waals surface area contributed by atoms with E-state index in [4.69, 9.17) is 5.73 Å². The summed E-state index contributed by atoms with van der Waals surface area (Å²) in [5.74, 6) is 0.373. The van der Waals surface area contributed by atoms with Crippen LogP contribution in [0.15, 0.2) is 11.2 Å². The number of aromatic nitrogens is 2. The van der Waals surface area contributed by atoms with Crippen molar-refractivity contribution < 1.29 is 8.42 Å². The van der Waals surface area contributed by atoms with Gasteiger partial charge in [-0.05, 0) is 25.7 Å². The maximum absolute atomic E-state index is 12.6. The monoisotopic (exact) mass is 272 g/mol. The smallest absolute Gasteiger partial charge is 0.260 e. The fourth-order valence-electron chi connectivity index (χ4n) is 2.42. The van der Waals surface area contributed by atoms with Gasteiger partial charge >= 0.3 is 0 Å². The fourth-order valence-corrected chi connectivity index (χ4v) is 4.31. The van der Waals surface area contributed by atoms with Crippen LogP contribution >= 0.6 is 0 Å². The summed E-state index contributed by atoms with van der Waals surface area (Å²) in [6.07, 6.45) is 3.45. The number of H-pyrrole nitrogens is 1. The molecule has 0 bridgehead atoms. The predicted molar refractivity (Wildman–Crippen MR) is 68.2 cm³/mol. The van der Waals surface area contributed by atoms with Gasteiger partial charge in [0.2, 0.25) is 0 Å². The third kappa shape index (κ3) is 2.17. The first kappa shape index (κ1) is 13.5. The topological polar surface area (TPSA) is 92.1 Å². The summed E-state index contributed by atoms with van der Waals surface area (Å²) in [7, 11) is -3.51. The Kier molecular flexibility index (Phi) is 3.74. The highest BCUT2D eigenvalue weighted by molar-refractivity contribution is 7.89. The summed E-state index contributed by atoms with van der Waals surface area (Å²) in [5.41, 5.74) is 6.08. The van der Waals surface area contributed by atoms with Crippen molar-refractivity contribution in [2.75, 3.05) is 6.54 Å². The average molecular weight is 272 g/mol. The first-order chi connectivity index (χ1) is 8.48. The largest absolute Gasteiger partial charge is 0.326 e. The SMILES string of the molecule is CC1CCCN(S(=O)(=O)c2[nH]ncc2CN)C1C. The van der Waals surface area contributed by atoms with E-state index >= 15 is 0 Å². The molecule has 0 aliphatic carbocycles. The molecular weight excluding hydrogens is 252 g/mol. The molecule has 1 aliphatic rings. The number of nitrogens with two attached hydrogens (primary N) is 1. The Morgan fingerprint density at radius 2 is 2.28 bits per heavy atom. The van der Waals surface area contributed by atoms with E-state index in [1.54, 1.807) is 4.31 Å². The summed E-state index contributed by atoms with van der Waals surface area (Å²) in [4.78, 5) is 0. The molecule has 1 fully saturated rings.